The van der Waals surface area contributed by atoms with Gasteiger partial charge in [0.1, 0.15) is 11.4 Å². The van der Waals surface area contributed by atoms with Gasteiger partial charge in [-0.25, -0.2) is 10.2 Å². The zero-order chi connectivity index (χ0) is 19.0. The minimum atomic E-state index is -0.540. The topological polar surface area (TPSA) is 89.9 Å². The summed E-state index contributed by atoms with van der Waals surface area (Å²) in [5, 5.41) is 3.90. The van der Waals surface area contributed by atoms with E-state index in [2.05, 4.69) is 15.5 Å². The first-order valence-corrected chi connectivity index (χ1v) is 8.02. The predicted octanol–water partition coefficient (Wildman–Crippen LogP) is 2.57. The Morgan fingerprint density at radius 1 is 1.12 bits per heavy atom. The van der Waals surface area contributed by atoms with Crippen molar-refractivity contribution >= 4 is 18.1 Å². The van der Waals surface area contributed by atoms with Crippen molar-refractivity contribution in [2.45, 2.75) is 26.4 Å². The Morgan fingerprint density at radius 2 is 1.77 bits per heavy atom. The third-order valence-electron chi connectivity index (χ3n) is 2.98. The van der Waals surface area contributed by atoms with Crippen LogP contribution in [-0.2, 0) is 9.53 Å². The third kappa shape index (κ3) is 6.72. The molecule has 1 aromatic heterocycles. The third-order valence-corrected chi connectivity index (χ3v) is 2.98. The van der Waals surface area contributed by atoms with Gasteiger partial charge in [-0.3, -0.25) is 9.78 Å². The van der Waals surface area contributed by atoms with Crippen LogP contribution in [0.3, 0.4) is 0 Å². The number of ether oxygens (including phenoxy) is 2. The number of hydrogen-bond acceptors (Lipinski definition) is 6. The average Bonchev–Trinajstić information content (AvgIpc) is 2.60. The zero-order valence-corrected chi connectivity index (χ0v) is 14.9. The normalized spacial score (nSPS) is 11.2. The minimum absolute atomic E-state index is 0.160. The van der Waals surface area contributed by atoms with Crippen molar-refractivity contribution in [3.8, 4) is 5.75 Å². The lowest BCUT2D eigenvalue weighted by molar-refractivity contribution is -0.157. The second-order valence-electron chi connectivity index (χ2n) is 6.38. The van der Waals surface area contributed by atoms with Crippen LogP contribution >= 0.6 is 0 Å². The van der Waals surface area contributed by atoms with E-state index in [0.29, 0.717) is 11.3 Å². The molecule has 2 rings (SSSR count). The second-order valence-corrected chi connectivity index (χ2v) is 6.38. The molecule has 0 aliphatic heterocycles. The van der Waals surface area contributed by atoms with Gasteiger partial charge in [0.15, 0.2) is 6.61 Å². The lowest BCUT2D eigenvalue weighted by atomic mass is 10.2. The largest absolute Gasteiger partial charge is 0.482 e. The molecule has 7 nitrogen and oxygen atoms in total. The highest BCUT2D eigenvalue weighted by molar-refractivity contribution is 5.94. The Kier molecular flexibility index (Phi) is 6.43. The first-order valence-electron chi connectivity index (χ1n) is 8.02. The van der Waals surface area contributed by atoms with Crippen LogP contribution < -0.4 is 10.2 Å². The fourth-order valence-electron chi connectivity index (χ4n) is 1.90. The highest BCUT2D eigenvalue weighted by Gasteiger charge is 2.16. The molecule has 0 bridgehead atoms. The number of esters is 1. The monoisotopic (exact) mass is 355 g/mol. The van der Waals surface area contributed by atoms with Gasteiger partial charge < -0.3 is 9.47 Å². The number of carbonyl (C=O) groups excluding carboxylic acids is 2. The van der Waals surface area contributed by atoms with Crippen molar-refractivity contribution in [3.63, 3.8) is 0 Å². The molecule has 0 radical (unpaired) electrons. The van der Waals surface area contributed by atoms with E-state index in [1.165, 1.54) is 18.6 Å². The average molecular weight is 355 g/mol. The molecule has 0 fully saturated rings. The summed E-state index contributed by atoms with van der Waals surface area (Å²) in [6.45, 7) is 5.23. The van der Waals surface area contributed by atoms with E-state index >= 15 is 0 Å². The van der Waals surface area contributed by atoms with Gasteiger partial charge in [-0.2, -0.15) is 5.10 Å². The molecule has 136 valence electrons. The van der Waals surface area contributed by atoms with Gasteiger partial charge >= 0.3 is 5.97 Å². The predicted molar refractivity (Wildman–Crippen MR) is 97.1 cm³/mol. The highest BCUT2D eigenvalue weighted by Crippen LogP contribution is 2.12. The van der Waals surface area contributed by atoms with E-state index in [-0.39, 0.29) is 12.5 Å². The number of rotatable bonds is 6. The van der Waals surface area contributed by atoms with Crippen molar-refractivity contribution in [3.05, 3.63) is 59.9 Å². The molecule has 0 aliphatic rings. The summed E-state index contributed by atoms with van der Waals surface area (Å²) in [5.41, 5.74) is 3.14. The van der Waals surface area contributed by atoms with Crippen molar-refractivity contribution in [2.75, 3.05) is 6.61 Å². The number of amides is 1. The summed E-state index contributed by atoms with van der Waals surface area (Å²) in [5.74, 6) is -0.211. The van der Waals surface area contributed by atoms with Gasteiger partial charge in [-0.1, -0.05) is 0 Å². The van der Waals surface area contributed by atoms with Gasteiger partial charge in [-0.05, 0) is 62.7 Å². The first kappa shape index (κ1) is 19.1. The Hall–Kier alpha value is -3.22. The SMILES string of the molecule is CC(C)(C)OC(=O)COc1ccc(/C=N\NC(=O)c2ccncc2)cc1. The van der Waals surface area contributed by atoms with Crippen LogP contribution in [-0.4, -0.2) is 35.3 Å². The number of hydrazone groups is 1. The van der Waals surface area contributed by atoms with Gasteiger partial charge in [0.05, 0.1) is 6.21 Å². The quantitative estimate of drug-likeness (QED) is 0.489. The van der Waals surface area contributed by atoms with Crippen molar-refractivity contribution in [2.24, 2.45) is 5.10 Å². The van der Waals surface area contributed by atoms with E-state index in [1.807, 2.05) is 0 Å². The lowest BCUT2D eigenvalue weighted by Crippen LogP contribution is -2.27. The Labute approximate surface area is 152 Å². The van der Waals surface area contributed by atoms with Gasteiger partial charge in [-0.15, -0.1) is 0 Å². The molecule has 26 heavy (non-hydrogen) atoms. The summed E-state index contributed by atoms with van der Waals surface area (Å²) in [7, 11) is 0. The first-order chi connectivity index (χ1) is 12.3. The molecule has 1 heterocycles. The Bertz CT molecular complexity index is 766. The fourth-order valence-corrected chi connectivity index (χ4v) is 1.90. The van der Waals surface area contributed by atoms with Crippen LogP contribution in [0.1, 0.15) is 36.7 Å². The Morgan fingerprint density at radius 3 is 2.38 bits per heavy atom. The summed E-state index contributed by atoms with van der Waals surface area (Å²) in [4.78, 5) is 27.3. The molecule has 1 aromatic carbocycles. The number of carbonyl (C=O) groups is 2. The summed E-state index contributed by atoms with van der Waals surface area (Å²) in [6, 6.07) is 10.1. The number of hydrogen-bond donors (Lipinski definition) is 1. The molecule has 0 saturated heterocycles. The van der Waals surface area contributed by atoms with E-state index in [9.17, 15) is 9.59 Å². The van der Waals surface area contributed by atoms with Crippen LogP contribution in [0.2, 0.25) is 0 Å². The van der Waals surface area contributed by atoms with Crippen LogP contribution in [0.4, 0.5) is 0 Å². The van der Waals surface area contributed by atoms with Crippen molar-refractivity contribution in [1.82, 2.24) is 10.4 Å². The van der Waals surface area contributed by atoms with Crippen molar-refractivity contribution in [1.29, 1.82) is 0 Å². The number of pyridine rings is 1. The zero-order valence-electron chi connectivity index (χ0n) is 14.9. The highest BCUT2D eigenvalue weighted by atomic mass is 16.6. The maximum atomic E-state index is 11.8. The van der Waals surface area contributed by atoms with Crippen LogP contribution in [0.15, 0.2) is 53.9 Å². The van der Waals surface area contributed by atoms with E-state index in [0.717, 1.165) is 5.56 Å². The molecular formula is C19H21N3O4. The molecule has 0 atom stereocenters. The lowest BCUT2D eigenvalue weighted by Gasteiger charge is -2.19. The maximum Gasteiger partial charge on any atom is 0.344 e. The minimum Gasteiger partial charge on any atom is -0.482 e. The smallest absolute Gasteiger partial charge is 0.344 e. The maximum absolute atomic E-state index is 11.8. The molecule has 2 aromatic rings. The standard InChI is InChI=1S/C19H21N3O4/c1-19(2,3)26-17(23)13-25-16-6-4-14(5-7-16)12-21-22-18(24)15-8-10-20-11-9-15/h4-12H,13H2,1-3H3,(H,22,24)/b21-12-. The fraction of sp³-hybridized carbons (Fsp3) is 0.263. The molecule has 0 unspecified atom stereocenters. The second kappa shape index (κ2) is 8.75. The summed E-state index contributed by atoms with van der Waals surface area (Å²) < 4.78 is 10.5. The van der Waals surface area contributed by atoms with Crippen LogP contribution in [0, 0.1) is 0 Å². The van der Waals surface area contributed by atoms with Gasteiger partial charge in [0.2, 0.25) is 0 Å². The summed E-state index contributed by atoms with van der Waals surface area (Å²) >= 11 is 0. The molecule has 7 heteroatoms. The Balaban J connectivity index is 1.81. The number of nitrogens with one attached hydrogen (secondary N) is 1. The van der Waals surface area contributed by atoms with E-state index < -0.39 is 11.6 Å². The van der Waals surface area contributed by atoms with Crippen LogP contribution in [0.5, 0.6) is 5.75 Å². The van der Waals surface area contributed by atoms with Crippen LogP contribution in [0.25, 0.3) is 0 Å². The molecular weight excluding hydrogens is 334 g/mol. The van der Waals surface area contributed by atoms with Crippen molar-refractivity contribution < 1.29 is 19.1 Å². The number of benzene rings is 1. The molecule has 1 N–H and O–H groups in total. The summed E-state index contributed by atoms with van der Waals surface area (Å²) in [6.07, 6.45) is 4.58. The van der Waals surface area contributed by atoms with E-state index in [1.54, 1.807) is 57.2 Å². The molecule has 0 saturated carbocycles. The molecule has 0 aliphatic carbocycles. The number of aromatic nitrogens is 1. The van der Waals surface area contributed by atoms with Gasteiger partial charge in [0.25, 0.3) is 5.91 Å². The molecule has 0 spiro atoms. The number of nitrogens with zero attached hydrogens (tertiary/aromatic N) is 2. The van der Waals surface area contributed by atoms with Gasteiger partial charge in [0, 0.05) is 18.0 Å². The molecule has 1 amide bonds. The van der Waals surface area contributed by atoms with E-state index in [4.69, 9.17) is 9.47 Å².